The second-order valence-corrected chi connectivity index (χ2v) is 3.60. The number of fused-ring (bicyclic) bond motifs is 1. The Bertz CT molecular complexity index is 325. The van der Waals surface area contributed by atoms with Crippen molar-refractivity contribution in [1.82, 2.24) is 0 Å². The molecule has 1 aliphatic heterocycles. The summed E-state index contributed by atoms with van der Waals surface area (Å²) in [5, 5.41) is 12.9. The number of likely N-dealkylation sites (N-methyl/N-ethyl adjacent to an activating group) is 1. The average molecular weight is 178 g/mol. The van der Waals surface area contributed by atoms with Gasteiger partial charge in [0.05, 0.1) is 5.69 Å². The number of anilines is 2. The van der Waals surface area contributed by atoms with E-state index in [1.54, 1.807) is 6.07 Å². The van der Waals surface area contributed by atoms with Crippen molar-refractivity contribution in [2.75, 3.05) is 23.8 Å². The number of hydrogen-bond acceptors (Lipinski definition) is 3. The first-order valence-electron chi connectivity index (χ1n) is 4.48. The highest BCUT2D eigenvalue weighted by molar-refractivity contribution is 5.78. The Morgan fingerprint density at radius 1 is 1.54 bits per heavy atom. The molecule has 0 bridgehead atoms. The van der Waals surface area contributed by atoms with Crippen LogP contribution >= 0.6 is 0 Å². The fraction of sp³-hybridized carbons (Fsp3) is 0.400. The number of rotatable bonds is 0. The molecule has 0 spiro atoms. The Morgan fingerprint density at radius 2 is 2.31 bits per heavy atom. The molecule has 3 heteroatoms. The van der Waals surface area contributed by atoms with E-state index >= 15 is 0 Å². The Labute approximate surface area is 78.0 Å². The zero-order valence-electron chi connectivity index (χ0n) is 7.91. The van der Waals surface area contributed by atoms with E-state index in [4.69, 9.17) is 0 Å². The van der Waals surface area contributed by atoms with Crippen LogP contribution in [-0.2, 0) is 0 Å². The summed E-state index contributed by atoms with van der Waals surface area (Å²) in [5.41, 5.74) is 1.92. The third kappa shape index (κ3) is 1.30. The van der Waals surface area contributed by atoms with Gasteiger partial charge in [0.25, 0.3) is 0 Å². The van der Waals surface area contributed by atoms with Gasteiger partial charge in [0.1, 0.15) is 11.4 Å². The summed E-state index contributed by atoms with van der Waals surface area (Å²) in [6.07, 6.45) is 0. The molecule has 70 valence electrons. The van der Waals surface area contributed by atoms with Gasteiger partial charge < -0.3 is 15.3 Å². The number of nitrogens with zero attached hydrogens (tertiary/aromatic N) is 1. The summed E-state index contributed by atoms with van der Waals surface area (Å²) in [7, 11) is 2.04. The first-order chi connectivity index (χ1) is 6.18. The van der Waals surface area contributed by atoms with Gasteiger partial charge in [-0.1, -0.05) is 6.07 Å². The molecular formula is C10H14N2O. The van der Waals surface area contributed by atoms with Crippen molar-refractivity contribution in [3.63, 3.8) is 0 Å². The minimum absolute atomic E-state index is 0.330. The van der Waals surface area contributed by atoms with Crippen molar-refractivity contribution in [3.05, 3.63) is 18.2 Å². The SMILES string of the molecule is CC1CN(C)c2cccc(O)c2N1. The quantitative estimate of drug-likeness (QED) is 0.593. The molecule has 3 nitrogen and oxygen atoms in total. The fourth-order valence-electron chi connectivity index (χ4n) is 1.80. The molecule has 2 N–H and O–H groups in total. The molecule has 1 aromatic carbocycles. The second kappa shape index (κ2) is 2.83. The van der Waals surface area contributed by atoms with Crippen LogP contribution in [0.2, 0.25) is 0 Å². The Morgan fingerprint density at radius 3 is 3.08 bits per heavy atom. The molecule has 1 aromatic rings. The molecule has 13 heavy (non-hydrogen) atoms. The summed E-state index contributed by atoms with van der Waals surface area (Å²) >= 11 is 0. The molecule has 1 unspecified atom stereocenters. The minimum atomic E-state index is 0.330. The van der Waals surface area contributed by atoms with E-state index in [9.17, 15) is 5.11 Å². The lowest BCUT2D eigenvalue weighted by molar-refractivity contribution is 0.475. The lowest BCUT2D eigenvalue weighted by atomic mass is 10.1. The lowest BCUT2D eigenvalue weighted by Crippen LogP contribution is -2.37. The summed E-state index contributed by atoms with van der Waals surface area (Å²) in [6, 6.07) is 5.96. The predicted molar refractivity (Wildman–Crippen MR) is 54.5 cm³/mol. The maximum Gasteiger partial charge on any atom is 0.140 e. The predicted octanol–water partition coefficient (Wildman–Crippen LogP) is 1.64. The Balaban J connectivity index is 2.49. The summed E-state index contributed by atoms with van der Waals surface area (Å²) in [5.74, 6) is 0.330. The smallest absolute Gasteiger partial charge is 0.140 e. The topological polar surface area (TPSA) is 35.5 Å². The average Bonchev–Trinajstić information content (AvgIpc) is 2.07. The van der Waals surface area contributed by atoms with E-state index in [-0.39, 0.29) is 0 Å². The van der Waals surface area contributed by atoms with Crippen LogP contribution in [0.25, 0.3) is 0 Å². The fourth-order valence-corrected chi connectivity index (χ4v) is 1.80. The number of phenolic OH excluding ortho intramolecular Hbond substituents is 1. The highest BCUT2D eigenvalue weighted by Crippen LogP contribution is 2.36. The molecule has 2 rings (SSSR count). The second-order valence-electron chi connectivity index (χ2n) is 3.60. The van der Waals surface area contributed by atoms with E-state index < -0.39 is 0 Å². The summed E-state index contributed by atoms with van der Waals surface area (Å²) in [6.45, 7) is 3.07. The largest absolute Gasteiger partial charge is 0.506 e. The molecule has 1 aliphatic rings. The lowest BCUT2D eigenvalue weighted by Gasteiger charge is -2.33. The van der Waals surface area contributed by atoms with Gasteiger partial charge in [-0.05, 0) is 19.1 Å². The van der Waals surface area contributed by atoms with Crippen molar-refractivity contribution < 1.29 is 5.11 Å². The molecule has 1 heterocycles. The van der Waals surface area contributed by atoms with Gasteiger partial charge in [0.2, 0.25) is 0 Å². The standard InChI is InChI=1S/C10H14N2O/c1-7-6-12(2)8-4-3-5-9(13)10(8)11-7/h3-5,7,11,13H,6H2,1-2H3. The number of para-hydroxylation sites is 1. The van der Waals surface area contributed by atoms with E-state index in [1.165, 1.54) is 0 Å². The summed E-state index contributed by atoms with van der Waals surface area (Å²) in [4.78, 5) is 2.15. The van der Waals surface area contributed by atoms with Crippen LogP contribution in [0.5, 0.6) is 5.75 Å². The van der Waals surface area contributed by atoms with Gasteiger partial charge in [-0.2, -0.15) is 0 Å². The first-order valence-corrected chi connectivity index (χ1v) is 4.48. The third-order valence-corrected chi connectivity index (χ3v) is 2.37. The van der Waals surface area contributed by atoms with Crippen LogP contribution in [0.3, 0.4) is 0 Å². The maximum atomic E-state index is 9.60. The number of hydrogen-bond donors (Lipinski definition) is 2. The van der Waals surface area contributed by atoms with Crippen LogP contribution in [-0.4, -0.2) is 24.7 Å². The Hall–Kier alpha value is -1.38. The van der Waals surface area contributed by atoms with Crippen LogP contribution in [0.4, 0.5) is 11.4 Å². The van der Waals surface area contributed by atoms with Gasteiger partial charge >= 0.3 is 0 Å². The van der Waals surface area contributed by atoms with Crippen molar-refractivity contribution in [2.45, 2.75) is 13.0 Å². The number of nitrogens with one attached hydrogen (secondary N) is 1. The van der Waals surface area contributed by atoms with Crippen molar-refractivity contribution in [1.29, 1.82) is 0 Å². The van der Waals surface area contributed by atoms with Crippen molar-refractivity contribution in [3.8, 4) is 5.75 Å². The minimum Gasteiger partial charge on any atom is -0.506 e. The highest BCUT2D eigenvalue weighted by Gasteiger charge is 2.19. The molecule has 0 saturated carbocycles. The van der Waals surface area contributed by atoms with E-state index in [0.29, 0.717) is 11.8 Å². The normalized spacial score (nSPS) is 20.8. The van der Waals surface area contributed by atoms with E-state index in [1.807, 2.05) is 19.2 Å². The van der Waals surface area contributed by atoms with Gasteiger partial charge in [-0.3, -0.25) is 0 Å². The molecule has 0 amide bonds. The molecule has 0 radical (unpaired) electrons. The van der Waals surface area contributed by atoms with E-state index in [2.05, 4.69) is 17.1 Å². The van der Waals surface area contributed by atoms with Crippen LogP contribution in [0.1, 0.15) is 6.92 Å². The van der Waals surface area contributed by atoms with Crippen LogP contribution in [0.15, 0.2) is 18.2 Å². The van der Waals surface area contributed by atoms with Crippen LogP contribution in [0, 0.1) is 0 Å². The van der Waals surface area contributed by atoms with Gasteiger partial charge in [0, 0.05) is 19.6 Å². The zero-order valence-corrected chi connectivity index (χ0v) is 7.91. The van der Waals surface area contributed by atoms with Gasteiger partial charge in [-0.15, -0.1) is 0 Å². The maximum absolute atomic E-state index is 9.60. The molecule has 1 atom stereocenters. The zero-order chi connectivity index (χ0) is 9.42. The monoisotopic (exact) mass is 178 g/mol. The molecule has 0 saturated heterocycles. The van der Waals surface area contributed by atoms with Crippen molar-refractivity contribution in [2.24, 2.45) is 0 Å². The highest BCUT2D eigenvalue weighted by atomic mass is 16.3. The Kier molecular flexibility index (Phi) is 1.79. The number of aromatic hydroxyl groups is 1. The third-order valence-electron chi connectivity index (χ3n) is 2.37. The molecular weight excluding hydrogens is 164 g/mol. The van der Waals surface area contributed by atoms with Crippen molar-refractivity contribution >= 4 is 11.4 Å². The summed E-state index contributed by atoms with van der Waals surface area (Å²) < 4.78 is 0. The molecule has 0 aromatic heterocycles. The van der Waals surface area contributed by atoms with E-state index in [0.717, 1.165) is 17.9 Å². The van der Waals surface area contributed by atoms with Gasteiger partial charge in [0.15, 0.2) is 0 Å². The molecule has 0 fully saturated rings. The van der Waals surface area contributed by atoms with Gasteiger partial charge in [-0.25, -0.2) is 0 Å². The molecule has 0 aliphatic carbocycles. The van der Waals surface area contributed by atoms with Crippen LogP contribution < -0.4 is 10.2 Å². The first kappa shape index (κ1) is 8.23. The number of phenols is 1. The number of benzene rings is 1.